The predicted octanol–water partition coefficient (Wildman–Crippen LogP) is 3.57. The quantitative estimate of drug-likeness (QED) is 0.538. The van der Waals surface area contributed by atoms with Gasteiger partial charge in [0.15, 0.2) is 0 Å². The Bertz CT molecular complexity index is 395. The van der Waals surface area contributed by atoms with Crippen molar-refractivity contribution < 1.29 is 14.3 Å². The third kappa shape index (κ3) is 5.74. The molecule has 0 spiro atoms. The van der Waals surface area contributed by atoms with Gasteiger partial charge >= 0.3 is 5.97 Å². The van der Waals surface area contributed by atoms with Gasteiger partial charge in [0.05, 0.1) is 12.5 Å². The molecule has 0 fully saturated rings. The first-order valence-corrected chi connectivity index (χ1v) is 7.37. The Morgan fingerprint density at radius 1 is 1.10 bits per heavy atom. The number of ether oxygens (including phenoxy) is 2. The Labute approximate surface area is 122 Å². The van der Waals surface area contributed by atoms with Gasteiger partial charge in [0.1, 0.15) is 6.61 Å². The summed E-state index contributed by atoms with van der Waals surface area (Å²) in [4.78, 5) is 11.9. The number of hydrogen-bond donors (Lipinski definition) is 0. The molecule has 0 bridgehead atoms. The molecule has 1 aromatic carbocycles. The third-order valence-corrected chi connectivity index (χ3v) is 3.15. The molecule has 0 radical (unpaired) electrons. The van der Waals surface area contributed by atoms with Crippen molar-refractivity contribution in [3.63, 3.8) is 0 Å². The average molecular weight is 278 g/mol. The van der Waals surface area contributed by atoms with Crippen LogP contribution in [0.4, 0.5) is 0 Å². The highest BCUT2D eigenvalue weighted by Gasteiger charge is 2.16. The molecule has 3 nitrogen and oxygen atoms in total. The first kappa shape index (κ1) is 16.7. The number of benzene rings is 1. The Kier molecular flexibility index (Phi) is 7.31. The van der Waals surface area contributed by atoms with E-state index in [0.717, 1.165) is 12.0 Å². The second-order valence-electron chi connectivity index (χ2n) is 5.43. The number of hydrogen-bond acceptors (Lipinski definition) is 3. The summed E-state index contributed by atoms with van der Waals surface area (Å²) in [6, 6.07) is 8.23. The van der Waals surface area contributed by atoms with Gasteiger partial charge in [-0.15, -0.1) is 0 Å². The van der Waals surface area contributed by atoms with Crippen LogP contribution in [0.5, 0.6) is 0 Å². The van der Waals surface area contributed by atoms with Gasteiger partial charge in [0, 0.05) is 6.61 Å². The van der Waals surface area contributed by atoms with Crippen LogP contribution in [-0.4, -0.2) is 25.8 Å². The van der Waals surface area contributed by atoms with Gasteiger partial charge < -0.3 is 9.47 Å². The third-order valence-electron chi connectivity index (χ3n) is 3.15. The second kappa shape index (κ2) is 8.75. The van der Waals surface area contributed by atoms with Gasteiger partial charge in [0.2, 0.25) is 0 Å². The van der Waals surface area contributed by atoms with Crippen molar-refractivity contribution in [2.75, 3.05) is 19.8 Å². The molecule has 0 aliphatic carbocycles. The minimum atomic E-state index is -0.232. The number of carbonyl (C=O) groups is 1. The maximum Gasteiger partial charge on any atom is 0.313 e. The van der Waals surface area contributed by atoms with Crippen LogP contribution in [0.3, 0.4) is 0 Å². The molecule has 0 aliphatic rings. The number of esters is 1. The van der Waals surface area contributed by atoms with Crippen LogP contribution in [0.15, 0.2) is 24.3 Å². The second-order valence-corrected chi connectivity index (χ2v) is 5.43. The Balaban J connectivity index is 2.49. The minimum Gasteiger partial charge on any atom is -0.463 e. The zero-order valence-corrected chi connectivity index (χ0v) is 13.0. The van der Waals surface area contributed by atoms with Gasteiger partial charge in [-0.2, -0.15) is 0 Å². The standard InChI is InChI=1S/C17H26O3/c1-5-19-10-11-20-17(18)14(4)16-8-6-15(7-9-16)12-13(2)3/h6-9,13-14H,5,10-12H2,1-4H3/t14-/m0/s1. The monoisotopic (exact) mass is 278 g/mol. The highest BCUT2D eigenvalue weighted by molar-refractivity contribution is 5.77. The Hall–Kier alpha value is -1.35. The van der Waals surface area contributed by atoms with Crippen LogP contribution in [0.2, 0.25) is 0 Å². The minimum absolute atomic E-state index is 0.193. The fourth-order valence-corrected chi connectivity index (χ4v) is 2.02. The van der Waals surface area contributed by atoms with Crippen molar-refractivity contribution >= 4 is 5.97 Å². The lowest BCUT2D eigenvalue weighted by Gasteiger charge is -2.13. The van der Waals surface area contributed by atoms with E-state index in [0.29, 0.717) is 25.7 Å². The zero-order chi connectivity index (χ0) is 15.0. The van der Waals surface area contributed by atoms with Gasteiger partial charge in [-0.3, -0.25) is 4.79 Å². The topological polar surface area (TPSA) is 35.5 Å². The average Bonchev–Trinajstić information content (AvgIpc) is 2.43. The molecule has 0 saturated heterocycles. The maximum absolute atomic E-state index is 11.9. The molecule has 3 heteroatoms. The van der Waals surface area contributed by atoms with E-state index in [1.807, 2.05) is 26.0 Å². The first-order chi connectivity index (χ1) is 9.54. The Morgan fingerprint density at radius 2 is 1.75 bits per heavy atom. The lowest BCUT2D eigenvalue weighted by molar-refractivity contribution is -0.146. The van der Waals surface area contributed by atoms with Crippen molar-refractivity contribution in [2.24, 2.45) is 5.92 Å². The van der Waals surface area contributed by atoms with Crippen LogP contribution in [0, 0.1) is 5.92 Å². The van der Waals surface area contributed by atoms with Crippen LogP contribution < -0.4 is 0 Å². The molecule has 0 N–H and O–H groups in total. The molecule has 0 aromatic heterocycles. The highest BCUT2D eigenvalue weighted by Crippen LogP contribution is 2.18. The lowest BCUT2D eigenvalue weighted by atomic mass is 9.97. The summed E-state index contributed by atoms with van der Waals surface area (Å²) in [6.07, 6.45) is 1.06. The molecule has 1 rings (SSSR count). The molecular weight excluding hydrogens is 252 g/mol. The van der Waals surface area contributed by atoms with Crippen molar-refractivity contribution in [2.45, 2.75) is 40.0 Å². The largest absolute Gasteiger partial charge is 0.463 e. The normalized spacial score (nSPS) is 12.4. The first-order valence-electron chi connectivity index (χ1n) is 7.37. The number of carbonyl (C=O) groups excluding carboxylic acids is 1. The lowest BCUT2D eigenvalue weighted by Crippen LogP contribution is -2.16. The molecule has 0 heterocycles. The molecule has 1 aromatic rings. The molecule has 1 atom stereocenters. The van der Waals surface area contributed by atoms with Crippen LogP contribution in [-0.2, 0) is 20.7 Å². The summed E-state index contributed by atoms with van der Waals surface area (Å²) in [5, 5.41) is 0. The molecule has 0 aliphatic heterocycles. The summed E-state index contributed by atoms with van der Waals surface area (Å²) in [6.45, 7) is 9.62. The van der Waals surface area contributed by atoms with E-state index in [9.17, 15) is 4.79 Å². The van der Waals surface area contributed by atoms with Crippen molar-refractivity contribution in [1.29, 1.82) is 0 Å². The van der Waals surface area contributed by atoms with E-state index in [1.165, 1.54) is 5.56 Å². The van der Waals surface area contributed by atoms with Crippen molar-refractivity contribution in [3.8, 4) is 0 Å². The van der Waals surface area contributed by atoms with Crippen LogP contribution >= 0.6 is 0 Å². The summed E-state index contributed by atoms with van der Waals surface area (Å²) >= 11 is 0. The highest BCUT2D eigenvalue weighted by atomic mass is 16.6. The fourth-order valence-electron chi connectivity index (χ4n) is 2.02. The summed E-state index contributed by atoms with van der Waals surface area (Å²) in [5.41, 5.74) is 2.31. The van der Waals surface area contributed by atoms with E-state index in [1.54, 1.807) is 0 Å². The maximum atomic E-state index is 11.9. The molecule has 0 saturated carbocycles. The van der Waals surface area contributed by atoms with Gasteiger partial charge in [-0.25, -0.2) is 0 Å². The molecule has 0 amide bonds. The van der Waals surface area contributed by atoms with Crippen LogP contribution in [0.25, 0.3) is 0 Å². The zero-order valence-electron chi connectivity index (χ0n) is 13.0. The number of rotatable bonds is 8. The molecular formula is C17H26O3. The van der Waals surface area contributed by atoms with E-state index < -0.39 is 0 Å². The predicted molar refractivity (Wildman–Crippen MR) is 80.9 cm³/mol. The van der Waals surface area contributed by atoms with Crippen molar-refractivity contribution in [1.82, 2.24) is 0 Å². The van der Waals surface area contributed by atoms with E-state index in [-0.39, 0.29) is 11.9 Å². The fraction of sp³-hybridized carbons (Fsp3) is 0.588. The smallest absolute Gasteiger partial charge is 0.313 e. The van der Waals surface area contributed by atoms with E-state index >= 15 is 0 Å². The summed E-state index contributed by atoms with van der Waals surface area (Å²) in [7, 11) is 0. The molecule has 20 heavy (non-hydrogen) atoms. The molecule has 0 unspecified atom stereocenters. The van der Waals surface area contributed by atoms with Crippen molar-refractivity contribution in [3.05, 3.63) is 35.4 Å². The molecule has 112 valence electrons. The van der Waals surface area contributed by atoms with Crippen LogP contribution in [0.1, 0.15) is 44.7 Å². The van der Waals surface area contributed by atoms with Gasteiger partial charge in [0.25, 0.3) is 0 Å². The Morgan fingerprint density at radius 3 is 2.30 bits per heavy atom. The summed E-state index contributed by atoms with van der Waals surface area (Å²) < 4.78 is 10.3. The SMILES string of the molecule is CCOCCOC(=O)[C@@H](C)c1ccc(CC(C)C)cc1. The van der Waals surface area contributed by atoms with E-state index in [4.69, 9.17) is 9.47 Å². The van der Waals surface area contributed by atoms with Gasteiger partial charge in [-0.05, 0) is 37.3 Å². The summed E-state index contributed by atoms with van der Waals surface area (Å²) in [5.74, 6) is 0.216. The van der Waals surface area contributed by atoms with Gasteiger partial charge in [-0.1, -0.05) is 38.1 Å². The van der Waals surface area contributed by atoms with E-state index in [2.05, 4.69) is 26.0 Å².